The molecular weight excluding hydrogens is 494 g/mol. The lowest BCUT2D eigenvalue weighted by Gasteiger charge is -2.44. The zero-order chi connectivity index (χ0) is 29.4. The summed E-state index contributed by atoms with van der Waals surface area (Å²) in [5.41, 5.74) is -0.199. The highest BCUT2D eigenvalue weighted by Crippen LogP contribution is 2.33. The Hall–Kier alpha value is -3.55. The van der Waals surface area contributed by atoms with Crippen LogP contribution in [0.4, 0.5) is 10.5 Å². The summed E-state index contributed by atoms with van der Waals surface area (Å²) in [6.07, 6.45) is 0.295. The van der Waals surface area contributed by atoms with Gasteiger partial charge in [0, 0.05) is 11.2 Å². The van der Waals surface area contributed by atoms with Crippen LogP contribution in [0.5, 0.6) is 5.75 Å². The third-order valence-corrected chi connectivity index (χ3v) is 6.43. The second kappa shape index (κ2) is 13.5. The number of hydrogen-bond acceptors (Lipinski definition) is 5. The number of anilines is 1. The summed E-state index contributed by atoms with van der Waals surface area (Å²) in [5.74, 6) is 0.0620. The Morgan fingerprint density at radius 3 is 2.00 bits per heavy atom. The molecule has 8 nitrogen and oxygen atoms in total. The first-order valence-electron chi connectivity index (χ1n) is 13.5. The molecular formula is C31H45N3O5. The van der Waals surface area contributed by atoms with Crippen molar-refractivity contribution in [3.8, 4) is 5.75 Å². The number of hydrogen-bond donors (Lipinski definition) is 2. The van der Waals surface area contributed by atoms with Gasteiger partial charge in [-0.25, -0.2) is 4.79 Å². The molecule has 0 fully saturated rings. The number of carbonyl (C=O) groups is 3. The molecule has 2 atom stereocenters. The van der Waals surface area contributed by atoms with Crippen LogP contribution in [0.2, 0.25) is 0 Å². The number of amides is 3. The van der Waals surface area contributed by atoms with E-state index in [1.165, 1.54) is 0 Å². The molecule has 0 bridgehead atoms. The summed E-state index contributed by atoms with van der Waals surface area (Å²) in [5, 5.41) is 5.77. The van der Waals surface area contributed by atoms with Crippen molar-refractivity contribution in [1.82, 2.24) is 10.2 Å². The summed E-state index contributed by atoms with van der Waals surface area (Å²) in [4.78, 5) is 42.8. The molecule has 3 amide bonds. The smallest absolute Gasteiger partial charge is 0.408 e. The molecule has 0 aromatic heterocycles. The van der Waals surface area contributed by atoms with Crippen LogP contribution in [0.15, 0.2) is 54.6 Å². The zero-order valence-electron chi connectivity index (χ0n) is 24.8. The Labute approximate surface area is 233 Å². The summed E-state index contributed by atoms with van der Waals surface area (Å²) < 4.78 is 10.7. The van der Waals surface area contributed by atoms with Crippen molar-refractivity contribution < 1.29 is 23.9 Å². The highest BCUT2D eigenvalue weighted by molar-refractivity contribution is 5.99. The largest absolute Gasteiger partial charge is 0.497 e. The number of alkyl carbamates (subject to hydrolysis) is 1. The van der Waals surface area contributed by atoms with Gasteiger partial charge >= 0.3 is 6.09 Å². The Kier molecular flexibility index (Phi) is 11.0. The first-order valence-corrected chi connectivity index (χ1v) is 13.5. The number of methoxy groups -OCH3 is 1. The third kappa shape index (κ3) is 9.30. The molecule has 0 saturated carbocycles. The standard InChI is InChI=1S/C31H45N3O5/c1-10-31(7,8)34(28(36)25(20-21(2)3)33-29(37)39-30(4,5)6)26(22-14-12-11-13-15-22)27(35)32-23-16-18-24(38-9)19-17-23/h11-19,21,25-26H,10,20H2,1-9H3,(H,32,35)(H,33,37). The molecule has 2 aromatic carbocycles. The van der Waals surface area contributed by atoms with E-state index < -0.39 is 29.3 Å². The van der Waals surface area contributed by atoms with Gasteiger partial charge in [-0.15, -0.1) is 0 Å². The van der Waals surface area contributed by atoms with E-state index in [0.717, 1.165) is 0 Å². The van der Waals surface area contributed by atoms with Crippen LogP contribution in [0.25, 0.3) is 0 Å². The topological polar surface area (TPSA) is 97.0 Å². The highest BCUT2D eigenvalue weighted by Gasteiger charge is 2.43. The summed E-state index contributed by atoms with van der Waals surface area (Å²) in [6.45, 7) is 15.1. The van der Waals surface area contributed by atoms with Crippen LogP contribution in [0.3, 0.4) is 0 Å². The molecule has 0 radical (unpaired) electrons. The van der Waals surface area contributed by atoms with Crippen LogP contribution < -0.4 is 15.4 Å². The fraction of sp³-hybridized carbons (Fsp3) is 0.516. The van der Waals surface area contributed by atoms with E-state index in [1.807, 2.05) is 65.0 Å². The van der Waals surface area contributed by atoms with Gasteiger partial charge in [0.2, 0.25) is 5.91 Å². The minimum atomic E-state index is -0.953. The molecule has 0 aliphatic carbocycles. The quantitative estimate of drug-likeness (QED) is 0.348. The number of nitrogens with zero attached hydrogens (tertiary/aromatic N) is 1. The van der Waals surface area contributed by atoms with E-state index in [4.69, 9.17) is 9.47 Å². The molecule has 0 spiro atoms. The van der Waals surface area contributed by atoms with Crippen molar-refractivity contribution in [2.24, 2.45) is 5.92 Å². The van der Waals surface area contributed by atoms with Crippen LogP contribution in [0, 0.1) is 5.92 Å². The predicted octanol–water partition coefficient (Wildman–Crippen LogP) is 6.33. The van der Waals surface area contributed by atoms with E-state index in [9.17, 15) is 14.4 Å². The van der Waals surface area contributed by atoms with Crippen LogP contribution >= 0.6 is 0 Å². The van der Waals surface area contributed by atoms with Crippen molar-refractivity contribution >= 4 is 23.6 Å². The highest BCUT2D eigenvalue weighted by atomic mass is 16.6. The van der Waals surface area contributed by atoms with Gasteiger partial charge in [0.05, 0.1) is 7.11 Å². The number of nitrogens with one attached hydrogen (secondary N) is 2. The number of rotatable bonds is 11. The maximum Gasteiger partial charge on any atom is 0.408 e. The fourth-order valence-corrected chi connectivity index (χ4v) is 4.19. The second-order valence-electron chi connectivity index (χ2n) is 11.7. The van der Waals surface area contributed by atoms with Gasteiger partial charge in [-0.1, -0.05) is 51.1 Å². The molecule has 39 heavy (non-hydrogen) atoms. The molecule has 8 heteroatoms. The van der Waals surface area contributed by atoms with Crippen LogP contribution in [-0.2, 0) is 14.3 Å². The van der Waals surface area contributed by atoms with Gasteiger partial charge in [-0.05, 0) is 83.2 Å². The third-order valence-electron chi connectivity index (χ3n) is 6.43. The van der Waals surface area contributed by atoms with Crippen molar-refractivity contribution in [2.45, 2.75) is 91.5 Å². The lowest BCUT2D eigenvalue weighted by atomic mass is 9.90. The van der Waals surface area contributed by atoms with E-state index >= 15 is 0 Å². The van der Waals surface area contributed by atoms with E-state index in [0.29, 0.717) is 29.8 Å². The van der Waals surface area contributed by atoms with E-state index in [2.05, 4.69) is 10.6 Å². The molecule has 2 unspecified atom stereocenters. The molecule has 0 saturated heterocycles. The monoisotopic (exact) mass is 539 g/mol. The molecule has 0 aliphatic heterocycles. The molecule has 0 heterocycles. The molecule has 0 aliphatic rings. The minimum Gasteiger partial charge on any atom is -0.497 e. The number of ether oxygens (including phenoxy) is 2. The van der Waals surface area contributed by atoms with Crippen molar-refractivity contribution in [1.29, 1.82) is 0 Å². The molecule has 214 valence electrons. The number of benzene rings is 2. The normalized spacial score (nSPS) is 13.3. The Morgan fingerprint density at radius 2 is 1.51 bits per heavy atom. The Balaban J connectivity index is 2.57. The first-order chi connectivity index (χ1) is 18.2. The van der Waals surface area contributed by atoms with Gasteiger partial charge in [-0.2, -0.15) is 0 Å². The lowest BCUT2D eigenvalue weighted by molar-refractivity contribution is -0.148. The average Bonchev–Trinajstić information content (AvgIpc) is 2.85. The van der Waals surface area contributed by atoms with Gasteiger partial charge in [0.25, 0.3) is 5.91 Å². The van der Waals surface area contributed by atoms with Crippen LogP contribution in [0.1, 0.15) is 79.8 Å². The van der Waals surface area contributed by atoms with Crippen molar-refractivity contribution in [3.05, 3.63) is 60.2 Å². The zero-order valence-corrected chi connectivity index (χ0v) is 24.8. The lowest BCUT2D eigenvalue weighted by Crippen LogP contribution is -2.59. The summed E-state index contributed by atoms with van der Waals surface area (Å²) in [7, 11) is 1.58. The van der Waals surface area contributed by atoms with Gasteiger partial charge in [0.1, 0.15) is 23.4 Å². The number of carbonyl (C=O) groups excluding carboxylic acids is 3. The van der Waals surface area contributed by atoms with Gasteiger partial charge in [-0.3, -0.25) is 9.59 Å². The second-order valence-corrected chi connectivity index (χ2v) is 11.7. The fourth-order valence-electron chi connectivity index (χ4n) is 4.19. The maximum absolute atomic E-state index is 14.4. The Bertz CT molecular complexity index is 1090. The van der Waals surface area contributed by atoms with E-state index in [-0.39, 0.29) is 17.7 Å². The Morgan fingerprint density at radius 1 is 0.923 bits per heavy atom. The average molecular weight is 540 g/mol. The van der Waals surface area contributed by atoms with Gasteiger partial charge < -0.3 is 25.0 Å². The summed E-state index contributed by atoms with van der Waals surface area (Å²) in [6, 6.07) is 14.4. The van der Waals surface area contributed by atoms with Crippen LogP contribution in [-0.4, -0.2) is 47.1 Å². The van der Waals surface area contributed by atoms with Crippen molar-refractivity contribution in [3.63, 3.8) is 0 Å². The van der Waals surface area contributed by atoms with Crippen molar-refractivity contribution in [2.75, 3.05) is 12.4 Å². The van der Waals surface area contributed by atoms with Gasteiger partial charge in [0.15, 0.2) is 0 Å². The molecule has 2 rings (SSSR count). The predicted molar refractivity (Wildman–Crippen MR) is 155 cm³/mol. The molecule has 2 aromatic rings. The van der Waals surface area contributed by atoms with E-state index in [1.54, 1.807) is 57.0 Å². The first kappa shape index (κ1) is 31.7. The summed E-state index contributed by atoms with van der Waals surface area (Å²) >= 11 is 0. The maximum atomic E-state index is 14.4. The molecule has 2 N–H and O–H groups in total. The SMILES string of the molecule is CCC(C)(C)N(C(=O)C(CC(C)C)NC(=O)OC(C)(C)C)C(C(=O)Nc1ccc(OC)cc1)c1ccccc1. The minimum absolute atomic E-state index is 0.101.